The highest BCUT2D eigenvalue weighted by Gasteiger charge is 2.64. The lowest BCUT2D eigenvalue weighted by molar-refractivity contribution is -0.153. The third kappa shape index (κ3) is 4.02. The average Bonchev–Trinajstić information content (AvgIpc) is 3.39. The van der Waals surface area contributed by atoms with Crippen molar-refractivity contribution >= 4 is 28.9 Å². The van der Waals surface area contributed by atoms with Crippen LogP contribution in [0.2, 0.25) is 0 Å². The molecule has 4 aliphatic rings. The molecule has 1 aromatic rings. The van der Waals surface area contributed by atoms with Crippen molar-refractivity contribution in [1.29, 1.82) is 0 Å². The van der Waals surface area contributed by atoms with Gasteiger partial charge in [0.2, 0.25) is 5.78 Å². The molecule has 2 saturated carbocycles. The number of ketones is 2. The van der Waals surface area contributed by atoms with Gasteiger partial charge in [-0.2, -0.15) is 0 Å². The van der Waals surface area contributed by atoms with Gasteiger partial charge in [-0.05, 0) is 57.3 Å². The summed E-state index contributed by atoms with van der Waals surface area (Å²) in [6, 6.07) is 1.12. The fraction of sp³-hybridized carbons (Fsp3) is 0.552. The molecule has 11 heteroatoms. The second-order valence-corrected chi connectivity index (χ2v) is 12.0. The van der Waals surface area contributed by atoms with E-state index < -0.39 is 58.0 Å². The second kappa shape index (κ2) is 9.90. The molecule has 4 unspecified atom stereocenters. The minimum atomic E-state index is -2.65. The molecule has 0 aliphatic heterocycles. The van der Waals surface area contributed by atoms with E-state index in [2.05, 4.69) is 5.32 Å². The summed E-state index contributed by atoms with van der Waals surface area (Å²) < 4.78 is 0. The monoisotopic (exact) mass is 554 g/mol. The van der Waals surface area contributed by atoms with Crippen LogP contribution in [0, 0.1) is 11.8 Å². The van der Waals surface area contributed by atoms with E-state index in [9.17, 15) is 34.8 Å². The molecule has 7 N–H and O–H groups in total. The minimum Gasteiger partial charge on any atom is -0.508 e. The topological polar surface area (TPSA) is 177 Å². The van der Waals surface area contributed by atoms with Crippen molar-refractivity contribution in [1.82, 2.24) is 10.2 Å². The van der Waals surface area contributed by atoms with Crippen LogP contribution in [0.15, 0.2) is 23.0 Å². The number of aliphatic hydroxyl groups is 3. The average molecular weight is 555 g/mol. The lowest BCUT2D eigenvalue weighted by Crippen LogP contribution is -2.65. The number of phenols is 1. The van der Waals surface area contributed by atoms with Crippen LogP contribution in [0.1, 0.15) is 48.8 Å². The van der Waals surface area contributed by atoms with Gasteiger partial charge in [0.25, 0.3) is 5.91 Å². The summed E-state index contributed by atoms with van der Waals surface area (Å²) in [5.41, 5.74) is 3.89. The molecule has 0 spiro atoms. The number of nitrogens with one attached hydrogen (secondary N) is 1. The largest absolute Gasteiger partial charge is 0.508 e. The Morgan fingerprint density at radius 3 is 2.35 bits per heavy atom. The van der Waals surface area contributed by atoms with Gasteiger partial charge in [0.15, 0.2) is 11.4 Å². The van der Waals surface area contributed by atoms with Crippen LogP contribution in [-0.2, 0) is 27.3 Å². The van der Waals surface area contributed by atoms with Crippen molar-refractivity contribution < 1.29 is 34.8 Å². The van der Waals surface area contributed by atoms with Crippen molar-refractivity contribution in [2.45, 2.75) is 62.8 Å². The van der Waals surface area contributed by atoms with Gasteiger partial charge in [-0.1, -0.05) is 12.8 Å². The Morgan fingerprint density at radius 1 is 1.12 bits per heavy atom. The van der Waals surface area contributed by atoms with Crippen LogP contribution in [-0.4, -0.2) is 88.7 Å². The molecule has 216 valence electrons. The lowest BCUT2D eigenvalue weighted by Gasteiger charge is -2.50. The number of hydrogen-bond donors (Lipinski definition) is 6. The number of aromatic hydroxyl groups is 1. The SMILES string of the molecule is CN(C)c1cc(CNC2CCCC2)c(O)c2c1CC1CC3C(N(C)C)C(=O)C(C(N)=O)=C(O)C3(O)C(=O)C1=C2O. The first-order valence-corrected chi connectivity index (χ1v) is 13.7. The number of aliphatic hydroxyl groups excluding tert-OH is 2. The molecule has 1 aromatic carbocycles. The standard InChI is InChI=1S/C29H38N4O7/c1-32(2)18-11-14(12-31-15-7-5-6-8-15)23(34)20-16(18)9-13-10-17-22(33(3)4)25(36)21(28(30)39)27(38)29(17,40)26(37)19(13)24(20)35/h11,13,15,17,22,31,34-35,38,40H,5-10,12H2,1-4H3,(H2,30,39). The molecule has 11 nitrogen and oxygen atoms in total. The number of anilines is 1. The maximum atomic E-state index is 14.1. The Morgan fingerprint density at radius 2 is 1.77 bits per heavy atom. The highest BCUT2D eigenvalue weighted by molar-refractivity contribution is 6.24. The van der Waals surface area contributed by atoms with Gasteiger partial charge in [0.1, 0.15) is 22.8 Å². The lowest BCUT2D eigenvalue weighted by atomic mass is 9.57. The van der Waals surface area contributed by atoms with E-state index in [0.29, 0.717) is 23.7 Å². The number of fused-ring (bicyclic) bond motifs is 3. The first-order valence-electron chi connectivity index (χ1n) is 13.7. The number of benzene rings is 1. The first-order chi connectivity index (χ1) is 18.8. The number of carbonyl (C=O) groups is 3. The van der Waals surface area contributed by atoms with Gasteiger partial charge < -0.3 is 36.4 Å². The van der Waals surface area contributed by atoms with Gasteiger partial charge in [0.05, 0.1) is 11.6 Å². The zero-order valence-corrected chi connectivity index (χ0v) is 23.3. The molecule has 4 atom stereocenters. The van der Waals surface area contributed by atoms with Gasteiger partial charge >= 0.3 is 0 Å². The molecule has 2 fully saturated rings. The molecule has 5 rings (SSSR count). The number of Topliss-reactive ketones (excluding diaryl/α,β-unsaturated/α-hetero) is 2. The van der Waals surface area contributed by atoms with Crippen molar-refractivity contribution in [3.63, 3.8) is 0 Å². The number of amides is 1. The molecular formula is C29H38N4O7. The minimum absolute atomic E-state index is 0.0599. The van der Waals surface area contributed by atoms with Gasteiger partial charge in [-0.25, -0.2) is 0 Å². The summed E-state index contributed by atoms with van der Waals surface area (Å²) in [6.07, 6.45) is 4.72. The Labute approximate surface area is 232 Å². The van der Waals surface area contributed by atoms with Crippen molar-refractivity contribution in [2.75, 3.05) is 33.1 Å². The maximum absolute atomic E-state index is 14.1. The molecular weight excluding hydrogens is 516 g/mol. The number of rotatable bonds is 6. The Kier molecular flexibility index (Phi) is 6.96. The summed E-state index contributed by atoms with van der Waals surface area (Å²) in [5, 5.41) is 49.2. The van der Waals surface area contributed by atoms with Gasteiger partial charge in [0, 0.05) is 49.4 Å². The van der Waals surface area contributed by atoms with E-state index in [1.807, 2.05) is 25.1 Å². The summed E-state index contributed by atoms with van der Waals surface area (Å²) in [4.78, 5) is 42.8. The zero-order valence-electron chi connectivity index (χ0n) is 23.3. The predicted molar refractivity (Wildman–Crippen MR) is 148 cm³/mol. The first kappa shape index (κ1) is 28.1. The number of carbonyl (C=O) groups excluding carboxylic acids is 3. The van der Waals surface area contributed by atoms with Crippen molar-refractivity contribution in [3.8, 4) is 5.75 Å². The quantitative estimate of drug-likeness (QED) is 0.279. The molecule has 1 amide bonds. The number of nitrogens with two attached hydrogens (primary N) is 1. The smallest absolute Gasteiger partial charge is 0.255 e. The zero-order chi connectivity index (χ0) is 29.3. The Hall–Kier alpha value is -3.41. The molecule has 0 radical (unpaired) electrons. The Balaban J connectivity index is 1.67. The van der Waals surface area contributed by atoms with Crippen LogP contribution in [0.5, 0.6) is 5.75 Å². The highest BCUT2D eigenvalue weighted by atomic mass is 16.3. The maximum Gasteiger partial charge on any atom is 0.255 e. The highest BCUT2D eigenvalue weighted by Crippen LogP contribution is 2.54. The van der Waals surface area contributed by atoms with Crippen LogP contribution < -0.4 is 16.0 Å². The van der Waals surface area contributed by atoms with Crippen molar-refractivity contribution in [2.24, 2.45) is 17.6 Å². The second-order valence-electron chi connectivity index (χ2n) is 12.0. The predicted octanol–water partition coefficient (Wildman–Crippen LogP) is 1.06. The normalized spacial score (nSPS) is 28.6. The number of likely N-dealkylation sites (N-methyl/N-ethyl adjacent to an activating group) is 1. The van der Waals surface area contributed by atoms with E-state index in [4.69, 9.17) is 5.73 Å². The van der Waals surface area contributed by atoms with Crippen LogP contribution in [0.3, 0.4) is 0 Å². The van der Waals surface area contributed by atoms with Gasteiger partial charge in [-0.3, -0.25) is 19.3 Å². The molecule has 40 heavy (non-hydrogen) atoms. The summed E-state index contributed by atoms with van der Waals surface area (Å²) >= 11 is 0. The third-order valence-electron chi connectivity index (χ3n) is 9.19. The van der Waals surface area contributed by atoms with Crippen LogP contribution in [0.25, 0.3) is 5.76 Å². The molecule has 4 aliphatic carbocycles. The van der Waals surface area contributed by atoms with E-state index in [0.717, 1.165) is 31.4 Å². The molecule has 0 heterocycles. The number of hydrogen-bond acceptors (Lipinski definition) is 10. The number of nitrogens with zero attached hydrogens (tertiary/aromatic N) is 2. The summed E-state index contributed by atoms with van der Waals surface area (Å²) in [7, 11) is 6.88. The Bertz CT molecular complexity index is 1360. The fourth-order valence-electron chi connectivity index (χ4n) is 7.26. The third-order valence-corrected chi connectivity index (χ3v) is 9.19. The van der Waals surface area contributed by atoms with Crippen LogP contribution in [0.4, 0.5) is 5.69 Å². The fourth-order valence-corrected chi connectivity index (χ4v) is 7.26. The summed E-state index contributed by atoms with van der Waals surface area (Å²) in [5.74, 6) is -6.45. The van der Waals surface area contributed by atoms with E-state index in [1.54, 1.807) is 14.1 Å². The molecule has 0 bridgehead atoms. The number of primary amides is 1. The van der Waals surface area contributed by atoms with E-state index >= 15 is 0 Å². The van der Waals surface area contributed by atoms with Gasteiger partial charge in [-0.15, -0.1) is 0 Å². The summed E-state index contributed by atoms with van der Waals surface area (Å²) in [6.45, 7) is 0.370. The number of phenolic OH excluding ortho intramolecular Hbond substituents is 1. The molecule has 0 saturated heterocycles. The molecule has 0 aromatic heterocycles. The van der Waals surface area contributed by atoms with Crippen LogP contribution >= 0.6 is 0 Å². The van der Waals surface area contributed by atoms with E-state index in [1.165, 1.54) is 4.90 Å². The van der Waals surface area contributed by atoms with Crippen molar-refractivity contribution in [3.05, 3.63) is 39.7 Å². The van der Waals surface area contributed by atoms with E-state index in [-0.39, 0.29) is 29.7 Å².